The van der Waals surface area contributed by atoms with Crippen molar-refractivity contribution in [2.75, 3.05) is 19.3 Å². The third-order valence-electron chi connectivity index (χ3n) is 3.96. The van der Waals surface area contributed by atoms with Crippen LogP contribution in [0.4, 0.5) is 0 Å². The fraction of sp³-hybridized carbons (Fsp3) is 0.688. The molecule has 1 aromatic heterocycles. The highest BCUT2D eigenvalue weighted by Gasteiger charge is 2.27. The van der Waals surface area contributed by atoms with Gasteiger partial charge in [-0.25, -0.2) is 9.97 Å². The number of hydrogen-bond donors (Lipinski definition) is 1. The van der Waals surface area contributed by atoms with Crippen molar-refractivity contribution in [3.63, 3.8) is 0 Å². The minimum atomic E-state index is -0.0163. The van der Waals surface area contributed by atoms with Gasteiger partial charge in [0.1, 0.15) is 0 Å². The maximum atomic E-state index is 12.0. The van der Waals surface area contributed by atoms with E-state index in [1.165, 1.54) is 12.8 Å². The summed E-state index contributed by atoms with van der Waals surface area (Å²) in [6.07, 6.45) is 9.40. The Bertz CT molecular complexity index is 466. The van der Waals surface area contributed by atoms with Crippen LogP contribution < -0.4 is 5.32 Å². The summed E-state index contributed by atoms with van der Waals surface area (Å²) in [7, 11) is 1.71. The average Bonchev–Trinajstić information content (AvgIpc) is 2.56. The number of likely N-dealkylation sites (tertiary alicyclic amines) is 1. The Kier molecular flexibility index (Phi) is 7.12. The molecule has 1 amide bonds. The fourth-order valence-corrected chi connectivity index (χ4v) is 3.56. The van der Waals surface area contributed by atoms with Gasteiger partial charge in [-0.2, -0.15) is 0 Å². The predicted molar refractivity (Wildman–Crippen MR) is 89.8 cm³/mol. The molecule has 22 heavy (non-hydrogen) atoms. The molecule has 1 saturated heterocycles. The van der Waals surface area contributed by atoms with Gasteiger partial charge in [0.25, 0.3) is 0 Å². The van der Waals surface area contributed by atoms with E-state index in [9.17, 15) is 4.79 Å². The highest BCUT2D eigenvalue weighted by atomic mass is 32.2. The average molecular weight is 322 g/mol. The smallest absolute Gasteiger partial charge is 0.237 e. The number of piperidine rings is 1. The van der Waals surface area contributed by atoms with Crippen LogP contribution in [0.2, 0.25) is 0 Å². The highest BCUT2D eigenvalue weighted by molar-refractivity contribution is 7.99. The van der Waals surface area contributed by atoms with E-state index in [2.05, 4.69) is 27.1 Å². The molecule has 0 saturated carbocycles. The normalized spacial score (nSPS) is 19.1. The lowest BCUT2D eigenvalue weighted by molar-refractivity contribution is -0.127. The summed E-state index contributed by atoms with van der Waals surface area (Å²) in [6.45, 7) is 3.90. The molecule has 1 aromatic rings. The largest absolute Gasteiger partial charge is 0.358 e. The Morgan fingerprint density at radius 1 is 1.41 bits per heavy atom. The fourth-order valence-electron chi connectivity index (χ4n) is 2.69. The lowest BCUT2D eigenvalue weighted by Gasteiger charge is -2.34. The minimum absolute atomic E-state index is 0.0163. The molecule has 2 rings (SSSR count). The predicted octanol–water partition coefficient (Wildman–Crippen LogP) is 2.47. The first-order chi connectivity index (χ1) is 10.7. The Hall–Kier alpha value is -1.14. The molecule has 0 aromatic carbocycles. The minimum Gasteiger partial charge on any atom is -0.358 e. The zero-order valence-electron chi connectivity index (χ0n) is 13.5. The number of nitrogens with one attached hydrogen (secondary N) is 1. The van der Waals surface area contributed by atoms with E-state index in [4.69, 9.17) is 0 Å². The van der Waals surface area contributed by atoms with Gasteiger partial charge in [0.2, 0.25) is 5.91 Å². The van der Waals surface area contributed by atoms with Crippen LogP contribution >= 0.6 is 11.8 Å². The summed E-state index contributed by atoms with van der Waals surface area (Å²) >= 11 is 1.71. The number of likely N-dealkylation sites (N-methyl/N-ethyl adjacent to an activating group) is 1. The number of thioether (sulfide) groups is 1. The molecule has 6 heteroatoms. The Labute approximate surface area is 137 Å². The lowest BCUT2D eigenvalue weighted by atomic mass is 10.0. The molecule has 5 nitrogen and oxygen atoms in total. The van der Waals surface area contributed by atoms with Crippen LogP contribution in [0, 0.1) is 0 Å². The van der Waals surface area contributed by atoms with Crippen LogP contribution in [0.5, 0.6) is 0 Å². The zero-order valence-corrected chi connectivity index (χ0v) is 14.4. The van der Waals surface area contributed by atoms with Crippen LogP contribution in [-0.2, 0) is 11.3 Å². The second-order valence-electron chi connectivity index (χ2n) is 5.67. The van der Waals surface area contributed by atoms with Crippen LogP contribution in [0.15, 0.2) is 17.6 Å². The summed E-state index contributed by atoms with van der Waals surface area (Å²) < 4.78 is 0. The van der Waals surface area contributed by atoms with Crippen molar-refractivity contribution < 1.29 is 4.79 Å². The number of rotatable bonds is 7. The van der Waals surface area contributed by atoms with Crippen molar-refractivity contribution in [1.82, 2.24) is 20.2 Å². The zero-order chi connectivity index (χ0) is 15.8. The van der Waals surface area contributed by atoms with Gasteiger partial charge in [-0.15, -0.1) is 0 Å². The highest BCUT2D eigenvalue weighted by Crippen LogP contribution is 2.20. The number of carbonyl (C=O) groups is 1. The number of carbonyl (C=O) groups excluding carboxylic acids is 1. The molecule has 0 aliphatic carbocycles. The summed E-state index contributed by atoms with van der Waals surface area (Å²) in [6, 6.07) is -0.0163. The molecule has 1 N–H and O–H groups in total. The van der Waals surface area contributed by atoms with Crippen LogP contribution in [0.1, 0.15) is 44.6 Å². The number of amides is 1. The molecule has 1 atom stereocenters. The van der Waals surface area contributed by atoms with Crippen molar-refractivity contribution in [3.05, 3.63) is 18.0 Å². The first-order valence-corrected chi connectivity index (χ1v) is 9.12. The summed E-state index contributed by atoms with van der Waals surface area (Å²) in [5.74, 6) is 1.19. The van der Waals surface area contributed by atoms with Gasteiger partial charge in [0.15, 0.2) is 5.16 Å². The van der Waals surface area contributed by atoms with E-state index in [1.54, 1.807) is 18.8 Å². The number of aromatic nitrogens is 2. The van der Waals surface area contributed by atoms with Crippen molar-refractivity contribution in [2.24, 2.45) is 0 Å². The van der Waals surface area contributed by atoms with Gasteiger partial charge >= 0.3 is 0 Å². The molecule has 122 valence electrons. The molecule has 1 aliphatic heterocycles. The molecular formula is C16H26N4OS. The first-order valence-electron chi connectivity index (χ1n) is 8.14. The molecular weight excluding hydrogens is 296 g/mol. The van der Waals surface area contributed by atoms with E-state index < -0.39 is 0 Å². The van der Waals surface area contributed by atoms with Crippen LogP contribution in [0.25, 0.3) is 0 Å². The van der Waals surface area contributed by atoms with Gasteiger partial charge < -0.3 is 5.32 Å². The maximum absolute atomic E-state index is 12.0. The van der Waals surface area contributed by atoms with Crippen LogP contribution in [-0.4, -0.2) is 46.2 Å². The molecule has 0 unspecified atom stereocenters. The molecule has 1 aliphatic rings. The van der Waals surface area contributed by atoms with Gasteiger partial charge in [-0.3, -0.25) is 9.69 Å². The summed E-state index contributed by atoms with van der Waals surface area (Å²) in [4.78, 5) is 23.1. The summed E-state index contributed by atoms with van der Waals surface area (Å²) in [5.41, 5.74) is 1.08. The Balaban J connectivity index is 1.92. The first kappa shape index (κ1) is 17.2. The molecule has 2 heterocycles. The molecule has 1 fully saturated rings. The second kappa shape index (κ2) is 9.10. The van der Waals surface area contributed by atoms with E-state index in [-0.39, 0.29) is 11.9 Å². The van der Waals surface area contributed by atoms with E-state index >= 15 is 0 Å². The van der Waals surface area contributed by atoms with E-state index in [1.807, 2.05) is 12.4 Å². The molecule has 0 radical (unpaired) electrons. The Morgan fingerprint density at radius 2 is 2.18 bits per heavy atom. The topological polar surface area (TPSA) is 58.1 Å². The molecule has 0 bridgehead atoms. The number of nitrogens with zero attached hydrogens (tertiary/aromatic N) is 3. The third-order valence-corrected chi connectivity index (χ3v) is 4.92. The maximum Gasteiger partial charge on any atom is 0.237 e. The van der Waals surface area contributed by atoms with Gasteiger partial charge in [0.05, 0.1) is 6.04 Å². The van der Waals surface area contributed by atoms with Crippen molar-refractivity contribution in [3.8, 4) is 0 Å². The number of hydrogen-bond acceptors (Lipinski definition) is 5. The van der Waals surface area contributed by atoms with Crippen LogP contribution in [0.3, 0.4) is 0 Å². The SMILES string of the molecule is CCCCSc1ncc(CN2CCCC[C@@H]2C(=O)NC)cn1. The monoisotopic (exact) mass is 322 g/mol. The summed E-state index contributed by atoms with van der Waals surface area (Å²) in [5, 5.41) is 3.62. The van der Waals surface area contributed by atoms with Gasteiger partial charge in [-0.05, 0) is 25.8 Å². The number of unbranched alkanes of at least 4 members (excludes halogenated alkanes) is 1. The van der Waals surface area contributed by atoms with Crippen molar-refractivity contribution >= 4 is 17.7 Å². The quantitative estimate of drug-likeness (QED) is 0.475. The third kappa shape index (κ3) is 4.95. The second-order valence-corrected chi connectivity index (χ2v) is 6.73. The van der Waals surface area contributed by atoms with E-state index in [0.717, 1.165) is 48.8 Å². The van der Waals surface area contributed by atoms with Gasteiger partial charge in [-0.1, -0.05) is 31.5 Å². The van der Waals surface area contributed by atoms with Crippen molar-refractivity contribution in [1.29, 1.82) is 0 Å². The molecule has 0 spiro atoms. The Morgan fingerprint density at radius 3 is 2.86 bits per heavy atom. The standard InChI is InChI=1S/C16H26N4OS/c1-3-4-9-22-16-18-10-13(11-19-16)12-20-8-6-5-7-14(20)15(21)17-2/h10-11,14H,3-9,12H2,1-2H3,(H,17,21)/t14-/m1/s1. The lowest BCUT2D eigenvalue weighted by Crippen LogP contribution is -2.48. The van der Waals surface area contributed by atoms with Gasteiger partial charge in [0, 0.05) is 37.3 Å². The van der Waals surface area contributed by atoms with Crippen molar-refractivity contribution in [2.45, 2.75) is 56.8 Å². The van der Waals surface area contributed by atoms with E-state index in [0.29, 0.717) is 0 Å².